The molecule has 0 aliphatic rings. The van der Waals surface area contributed by atoms with E-state index < -0.39 is 0 Å². The van der Waals surface area contributed by atoms with Gasteiger partial charge in [-0.25, -0.2) is 4.39 Å². The van der Waals surface area contributed by atoms with Crippen LogP contribution in [0.25, 0.3) is 11.1 Å². The van der Waals surface area contributed by atoms with Crippen molar-refractivity contribution in [1.29, 1.82) is 0 Å². The Balaban J connectivity index is 2.64. The zero-order valence-corrected chi connectivity index (χ0v) is 11.3. The van der Waals surface area contributed by atoms with Gasteiger partial charge in [-0.15, -0.1) is 0 Å². The SMILES string of the molecule is CC(=O)c1ccc(F)c(-c2ccccc2N(C)C)c1. The quantitative estimate of drug-likeness (QED) is 0.780. The average molecular weight is 257 g/mol. The number of hydrogen-bond acceptors (Lipinski definition) is 2. The minimum absolute atomic E-state index is 0.0661. The number of nitrogens with zero attached hydrogens (tertiary/aromatic N) is 1. The van der Waals surface area contributed by atoms with Gasteiger partial charge in [0.05, 0.1) is 0 Å². The van der Waals surface area contributed by atoms with Crippen molar-refractivity contribution in [3.8, 4) is 11.1 Å². The lowest BCUT2D eigenvalue weighted by molar-refractivity contribution is 0.101. The molecule has 0 aliphatic carbocycles. The maximum absolute atomic E-state index is 14.0. The van der Waals surface area contributed by atoms with E-state index in [0.29, 0.717) is 11.1 Å². The standard InChI is InChI=1S/C16H16FNO/c1-11(19)12-8-9-15(17)14(10-12)13-6-4-5-7-16(13)18(2)3/h4-10H,1-3H3. The largest absolute Gasteiger partial charge is 0.377 e. The van der Waals surface area contributed by atoms with Crippen LogP contribution in [0.15, 0.2) is 42.5 Å². The van der Waals surface area contributed by atoms with Gasteiger partial charge in [0.25, 0.3) is 0 Å². The van der Waals surface area contributed by atoms with E-state index in [4.69, 9.17) is 0 Å². The Labute approximate surface area is 112 Å². The molecule has 0 unspecified atom stereocenters. The zero-order valence-electron chi connectivity index (χ0n) is 11.3. The van der Waals surface area contributed by atoms with E-state index in [-0.39, 0.29) is 11.6 Å². The van der Waals surface area contributed by atoms with Gasteiger partial charge in [-0.2, -0.15) is 0 Å². The first-order valence-electron chi connectivity index (χ1n) is 6.08. The number of ketones is 1. The molecule has 0 heterocycles. The third kappa shape index (κ3) is 2.65. The van der Waals surface area contributed by atoms with E-state index in [1.807, 2.05) is 43.3 Å². The molecule has 0 saturated carbocycles. The molecule has 2 rings (SSSR count). The number of para-hydroxylation sites is 1. The summed E-state index contributed by atoms with van der Waals surface area (Å²) < 4.78 is 14.0. The first kappa shape index (κ1) is 13.3. The third-order valence-corrected chi connectivity index (χ3v) is 3.05. The Hall–Kier alpha value is -2.16. The van der Waals surface area contributed by atoms with Crippen molar-refractivity contribution in [3.05, 3.63) is 53.8 Å². The molecular weight excluding hydrogens is 241 g/mol. The summed E-state index contributed by atoms with van der Waals surface area (Å²) in [5.41, 5.74) is 2.68. The molecule has 98 valence electrons. The fourth-order valence-electron chi connectivity index (χ4n) is 2.04. The van der Waals surface area contributed by atoms with Gasteiger partial charge < -0.3 is 4.90 Å². The van der Waals surface area contributed by atoms with Gasteiger partial charge in [-0.1, -0.05) is 18.2 Å². The second-order valence-corrected chi connectivity index (χ2v) is 4.66. The molecular formula is C16H16FNO. The molecule has 0 radical (unpaired) electrons. The van der Waals surface area contributed by atoms with E-state index in [9.17, 15) is 9.18 Å². The Morgan fingerprint density at radius 2 is 1.74 bits per heavy atom. The summed E-state index contributed by atoms with van der Waals surface area (Å²) in [5.74, 6) is -0.386. The fourth-order valence-corrected chi connectivity index (χ4v) is 2.04. The smallest absolute Gasteiger partial charge is 0.159 e. The highest BCUT2D eigenvalue weighted by atomic mass is 19.1. The predicted molar refractivity (Wildman–Crippen MR) is 76.2 cm³/mol. The molecule has 19 heavy (non-hydrogen) atoms. The summed E-state index contributed by atoms with van der Waals surface area (Å²) in [5, 5.41) is 0. The summed E-state index contributed by atoms with van der Waals surface area (Å²) in [6, 6.07) is 12.0. The predicted octanol–water partition coefficient (Wildman–Crippen LogP) is 3.76. The van der Waals surface area contributed by atoms with Crippen molar-refractivity contribution in [1.82, 2.24) is 0 Å². The molecule has 2 aromatic rings. The van der Waals surface area contributed by atoms with Crippen LogP contribution in [0.3, 0.4) is 0 Å². The molecule has 0 spiro atoms. The summed E-state index contributed by atoms with van der Waals surface area (Å²) in [6.07, 6.45) is 0. The molecule has 0 N–H and O–H groups in total. The van der Waals surface area contributed by atoms with Gasteiger partial charge in [-0.05, 0) is 31.2 Å². The lowest BCUT2D eigenvalue weighted by Crippen LogP contribution is -2.10. The van der Waals surface area contributed by atoms with Crippen LogP contribution in [0.2, 0.25) is 0 Å². The molecule has 0 fully saturated rings. The van der Waals surface area contributed by atoms with Crippen molar-refractivity contribution >= 4 is 11.5 Å². The molecule has 0 aliphatic heterocycles. The second kappa shape index (κ2) is 5.22. The molecule has 0 amide bonds. The van der Waals surface area contributed by atoms with Crippen LogP contribution in [0.1, 0.15) is 17.3 Å². The topological polar surface area (TPSA) is 20.3 Å². The van der Waals surface area contributed by atoms with Crippen LogP contribution >= 0.6 is 0 Å². The summed E-state index contributed by atoms with van der Waals surface area (Å²) >= 11 is 0. The van der Waals surface area contributed by atoms with Crippen LogP contribution in [0.4, 0.5) is 10.1 Å². The monoisotopic (exact) mass is 257 g/mol. The number of Topliss-reactive ketones (excluding diaryl/α,β-unsaturated/α-hetero) is 1. The van der Waals surface area contributed by atoms with Crippen molar-refractivity contribution < 1.29 is 9.18 Å². The van der Waals surface area contributed by atoms with E-state index in [1.165, 1.54) is 19.1 Å². The number of benzene rings is 2. The molecule has 0 atom stereocenters. The van der Waals surface area contributed by atoms with Crippen molar-refractivity contribution in [2.24, 2.45) is 0 Å². The highest BCUT2D eigenvalue weighted by molar-refractivity contribution is 5.96. The number of rotatable bonds is 3. The molecule has 3 heteroatoms. The van der Waals surface area contributed by atoms with Crippen LogP contribution in [0.5, 0.6) is 0 Å². The first-order valence-corrected chi connectivity index (χ1v) is 6.08. The lowest BCUT2D eigenvalue weighted by atomic mass is 9.99. The molecule has 0 saturated heterocycles. The highest BCUT2D eigenvalue weighted by Crippen LogP contribution is 2.32. The Morgan fingerprint density at radius 1 is 1.05 bits per heavy atom. The van der Waals surface area contributed by atoms with Crippen molar-refractivity contribution in [2.45, 2.75) is 6.92 Å². The maximum atomic E-state index is 14.0. The van der Waals surface area contributed by atoms with Gasteiger partial charge in [0.15, 0.2) is 5.78 Å². The van der Waals surface area contributed by atoms with Crippen LogP contribution < -0.4 is 4.90 Å². The Kier molecular flexibility index (Phi) is 3.65. The van der Waals surface area contributed by atoms with E-state index in [1.54, 1.807) is 6.07 Å². The van der Waals surface area contributed by atoms with Gasteiger partial charge in [-0.3, -0.25) is 4.79 Å². The van der Waals surface area contributed by atoms with Crippen molar-refractivity contribution in [3.63, 3.8) is 0 Å². The molecule has 2 nitrogen and oxygen atoms in total. The maximum Gasteiger partial charge on any atom is 0.159 e. The summed E-state index contributed by atoms with van der Waals surface area (Å²) in [4.78, 5) is 13.4. The Bertz CT molecular complexity index is 620. The first-order chi connectivity index (χ1) is 9.00. The van der Waals surface area contributed by atoms with E-state index >= 15 is 0 Å². The third-order valence-electron chi connectivity index (χ3n) is 3.05. The second-order valence-electron chi connectivity index (χ2n) is 4.66. The normalized spacial score (nSPS) is 10.3. The number of carbonyl (C=O) groups is 1. The van der Waals surface area contributed by atoms with Gasteiger partial charge in [0.1, 0.15) is 5.82 Å². The fraction of sp³-hybridized carbons (Fsp3) is 0.188. The van der Waals surface area contributed by atoms with Gasteiger partial charge >= 0.3 is 0 Å². The summed E-state index contributed by atoms with van der Waals surface area (Å²) in [6.45, 7) is 1.48. The average Bonchev–Trinajstić information content (AvgIpc) is 2.39. The van der Waals surface area contributed by atoms with Crippen LogP contribution in [-0.4, -0.2) is 19.9 Å². The number of anilines is 1. The van der Waals surface area contributed by atoms with Crippen LogP contribution in [0, 0.1) is 5.82 Å². The molecule has 0 aromatic heterocycles. The summed E-state index contributed by atoms with van der Waals surface area (Å²) in [7, 11) is 3.82. The number of hydrogen-bond donors (Lipinski definition) is 0. The van der Waals surface area contributed by atoms with Gasteiger partial charge in [0.2, 0.25) is 0 Å². The van der Waals surface area contributed by atoms with Gasteiger partial charge in [0, 0.05) is 36.5 Å². The minimum Gasteiger partial charge on any atom is -0.377 e. The lowest BCUT2D eigenvalue weighted by Gasteiger charge is -2.18. The Morgan fingerprint density at radius 3 is 2.37 bits per heavy atom. The molecule has 2 aromatic carbocycles. The zero-order chi connectivity index (χ0) is 14.0. The minimum atomic E-state index is -0.320. The van der Waals surface area contributed by atoms with Crippen LogP contribution in [-0.2, 0) is 0 Å². The highest BCUT2D eigenvalue weighted by Gasteiger charge is 2.12. The number of carbonyl (C=O) groups excluding carboxylic acids is 1. The van der Waals surface area contributed by atoms with E-state index in [0.717, 1.165) is 11.3 Å². The molecule has 0 bridgehead atoms. The van der Waals surface area contributed by atoms with E-state index in [2.05, 4.69) is 0 Å². The number of halogens is 1. The van der Waals surface area contributed by atoms with Crippen molar-refractivity contribution in [2.75, 3.05) is 19.0 Å².